The Hall–Kier alpha value is -2.90. The lowest BCUT2D eigenvalue weighted by atomic mass is 10.2. The molecule has 4 aromatic rings. The van der Waals surface area contributed by atoms with Gasteiger partial charge < -0.3 is 5.32 Å². The third-order valence-corrected chi connectivity index (χ3v) is 6.89. The molecule has 2 aromatic carbocycles. The van der Waals surface area contributed by atoms with Crippen LogP contribution < -0.4 is 10.9 Å². The van der Waals surface area contributed by atoms with Crippen molar-refractivity contribution in [2.24, 2.45) is 0 Å². The molecule has 0 spiro atoms. The molecule has 0 aliphatic heterocycles. The summed E-state index contributed by atoms with van der Waals surface area (Å²) in [5.74, 6) is 0.0809. The number of rotatable bonds is 6. The van der Waals surface area contributed by atoms with Crippen molar-refractivity contribution >= 4 is 39.2 Å². The van der Waals surface area contributed by atoms with Crippen molar-refractivity contribution in [2.75, 3.05) is 5.75 Å². The molecule has 5 nitrogen and oxygen atoms in total. The average molecular weight is 436 g/mol. The van der Waals surface area contributed by atoms with E-state index >= 15 is 0 Å². The van der Waals surface area contributed by atoms with Crippen LogP contribution >= 0.6 is 23.1 Å². The van der Waals surface area contributed by atoms with Gasteiger partial charge in [0.25, 0.3) is 5.56 Å². The van der Waals surface area contributed by atoms with Crippen molar-refractivity contribution in [3.05, 3.63) is 87.0 Å². The molecule has 30 heavy (non-hydrogen) atoms. The van der Waals surface area contributed by atoms with E-state index in [0.717, 1.165) is 26.5 Å². The van der Waals surface area contributed by atoms with Crippen LogP contribution in [0.3, 0.4) is 0 Å². The minimum Gasteiger partial charge on any atom is -0.351 e. The van der Waals surface area contributed by atoms with E-state index in [2.05, 4.69) is 5.32 Å². The summed E-state index contributed by atoms with van der Waals surface area (Å²) in [6.07, 6.45) is 0. The molecule has 0 aliphatic rings. The molecule has 2 heterocycles. The zero-order chi connectivity index (χ0) is 21.1. The second-order valence-corrected chi connectivity index (χ2v) is 9.03. The predicted octanol–water partition coefficient (Wildman–Crippen LogP) is 4.47. The van der Waals surface area contributed by atoms with Crippen LogP contribution in [0.1, 0.15) is 16.0 Å². The highest BCUT2D eigenvalue weighted by Gasteiger charge is 2.18. The smallest absolute Gasteiger partial charge is 0.267 e. The zero-order valence-electron chi connectivity index (χ0n) is 16.7. The number of carbonyl (C=O) groups is 1. The summed E-state index contributed by atoms with van der Waals surface area (Å²) in [4.78, 5) is 32.3. The summed E-state index contributed by atoms with van der Waals surface area (Å²) < 4.78 is 1.61. The highest BCUT2D eigenvalue weighted by molar-refractivity contribution is 7.99. The van der Waals surface area contributed by atoms with Crippen LogP contribution in [0.25, 0.3) is 15.9 Å². The maximum Gasteiger partial charge on any atom is 0.267 e. The van der Waals surface area contributed by atoms with E-state index in [0.29, 0.717) is 17.1 Å². The Morgan fingerprint density at radius 1 is 1.07 bits per heavy atom. The number of benzene rings is 2. The number of aryl methyl sites for hydroxylation is 2. The standard InChI is InChI=1S/C23H21N3O2S2/c1-15-16(2)30-21-20(15)22(28)26(18-11-7-4-8-12-18)23(25-21)29-14-19(27)24-13-17-9-5-3-6-10-17/h3-12H,13-14H2,1-2H3,(H,24,27). The van der Waals surface area contributed by atoms with Crippen molar-refractivity contribution in [2.45, 2.75) is 25.5 Å². The van der Waals surface area contributed by atoms with Gasteiger partial charge in [-0.1, -0.05) is 60.3 Å². The van der Waals surface area contributed by atoms with Gasteiger partial charge in [0.2, 0.25) is 5.91 Å². The number of hydrogen-bond donors (Lipinski definition) is 1. The molecular formula is C23H21N3O2S2. The van der Waals surface area contributed by atoms with Gasteiger partial charge in [-0.3, -0.25) is 14.2 Å². The fraction of sp³-hybridized carbons (Fsp3) is 0.174. The van der Waals surface area contributed by atoms with Crippen molar-refractivity contribution < 1.29 is 4.79 Å². The fourth-order valence-corrected chi connectivity index (χ4v) is 5.07. The third kappa shape index (κ3) is 4.17. The summed E-state index contributed by atoms with van der Waals surface area (Å²) in [5.41, 5.74) is 2.66. The van der Waals surface area contributed by atoms with E-state index < -0.39 is 0 Å². The van der Waals surface area contributed by atoms with Gasteiger partial charge in [-0.2, -0.15) is 0 Å². The first-order valence-electron chi connectivity index (χ1n) is 9.56. The van der Waals surface area contributed by atoms with Crippen LogP contribution in [0, 0.1) is 13.8 Å². The van der Waals surface area contributed by atoms with Crippen molar-refractivity contribution in [3.8, 4) is 5.69 Å². The molecule has 0 fully saturated rings. The number of carbonyl (C=O) groups excluding carboxylic acids is 1. The highest BCUT2D eigenvalue weighted by atomic mass is 32.2. The Morgan fingerprint density at radius 2 is 1.73 bits per heavy atom. The van der Waals surface area contributed by atoms with Gasteiger partial charge in [0.15, 0.2) is 5.16 Å². The SMILES string of the molecule is Cc1sc2nc(SCC(=O)NCc3ccccc3)n(-c3ccccc3)c(=O)c2c1C. The van der Waals surface area contributed by atoms with Gasteiger partial charge in [-0.05, 0) is 37.1 Å². The Kier molecular flexibility index (Phi) is 6.01. The number of amides is 1. The molecule has 1 amide bonds. The lowest BCUT2D eigenvalue weighted by Crippen LogP contribution is -2.26. The number of hydrogen-bond acceptors (Lipinski definition) is 5. The van der Waals surface area contributed by atoms with E-state index in [9.17, 15) is 9.59 Å². The number of nitrogens with zero attached hydrogens (tertiary/aromatic N) is 2. The fourth-order valence-electron chi connectivity index (χ4n) is 3.15. The van der Waals surface area contributed by atoms with Gasteiger partial charge >= 0.3 is 0 Å². The maximum absolute atomic E-state index is 13.4. The first-order valence-corrected chi connectivity index (χ1v) is 11.4. The van der Waals surface area contributed by atoms with Crippen LogP contribution in [0.2, 0.25) is 0 Å². The topological polar surface area (TPSA) is 64.0 Å². The van der Waals surface area contributed by atoms with Crippen LogP contribution in [-0.4, -0.2) is 21.2 Å². The minimum absolute atomic E-state index is 0.0970. The number of aromatic nitrogens is 2. The summed E-state index contributed by atoms with van der Waals surface area (Å²) in [6.45, 7) is 4.43. The van der Waals surface area contributed by atoms with Crippen LogP contribution in [0.15, 0.2) is 70.6 Å². The molecule has 0 bridgehead atoms. The molecule has 7 heteroatoms. The number of nitrogens with one attached hydrogen (secondary N) is 1. The molecule has 2 aromatic heterocycles. The van der Waals surface area contributed by atoms with Gasteiger partial charge in [0.1, 0.15) is 4.83 Å². The largest absolute Gasteiger partial charge is 0.351 e. The van der Waals surface area contributed by atoms with E-state index in [1.54, 1.807) is 4.57 Å². The number of thiophene rings is 1. The molecule has 0 atom stereocenters. The summed E-state index contributed by atoms with van der Waals surface area (Å²) in [7, 11) is 0. The molecular weight excluding hydrogens is 414 g/mol. The van der Waals surface area contributed by atoms with Crippen molar-refractivity contribution in [1.29, 1.82) is 0 Å². The monoisotopic (exact) mass is 435 g/mol. The highest BCUT2D eigenvalue weighted by Crippen LogP contribution is 2.29. The quantitative estimate of drug-likeness (QED) is 0.358. The lowest BCUT2D eigenvalue weighted by molar-refractivity contribution is -0.118. The lowest BCUT2D eigenvalue weighted by Gasteiger charge is -2.12. The Bertz CT molecular complexity index is 1250. The van der Waals surface area contributed by atoms with E-state index in [1.807, 2.05) is 74.5 Å². The molecule has 1 N–H and O–H groups in total. The zero-order valence-corrected chi connectivity index (χ0v) is 18.3. The Morgan fingerprint density at radius 3 is 2.43 bits per heavy atom. The second kappa shape index (κ2) is 8.85. The van der Waals surface area contributed by atoms with E-state index in [4.69, 9.17) is 4.98 Å². The molecule has 152 valence electrons. The minimum atomic E-state index is -0.101. The molecule has 0 saturated carbocycles. The van der Waals surface area contributed by atoms with Gasteiger partial charge in [0, 0.05) is 11.4 Å². The number of thioether (sulfide) groups is 1. The van der Waals surface area contributed by atoms with Crippen LogP contribution in [0.5, 0.6) is 0 Å². The molecule has 0 aliphatic carbocycles. The maximum atomic E-state index is 13.4. The second-order valence-electron chi connectivity index (χ2n) is 6.88. The van der Waals surface area contributed by atoms with Gasteiger partial charge in [-0.25, -0.2) is 4.98 Å². The van der Waals surface area contributed by atoms with Crippen molar-refractivity contribution in [3.63, 3.8) is 0 Å². The van der Waals surface area contributed by atoms with Gasteiger partial charge in [-0.15, -0.1) is 11.3 Å². The van der Waals surface area contributed by atoms with Crippen LogP contribution in [0.4, 0.5) is 0 Å². The Balaban J connectivity index is 1.62. The van der Waals surface area contributed by atoms with Crippen LogP contribution in [-0.2, 0) is 11.3 Å². The normalized spacial score (nSPS) is 11.0. The summed E-state index contributed by atoms with van der Waals surface area (Å²) in [6, 6.07) is 19.2. The van der Waals surface area contributed by atoms with E-state index in [-0.39, 0.29) is 17.2 Å². The average Bonchev–Trinajstić information content (AvgIpc) is 3.05. The molecule has 0 unspecified atom stereocenters. The number of para-hydroxylation sites is 1. The first-order chi connectivity index (χ1) is 14.5. The van der Waals surface area contributed by atoms with Gasteiger partial charge in [0.05, 0.1) is 16.8 Å². The molecule has 0 saturated heterocycles. The molecule has 4 rings (SSSR count). The van der Waals surface area contributed by atoms with E-state index in [1.165, 1.54) is 23.1 Å². The predicted molar refractivity (Wildman–Crippen MR) is 124 cm³/mol. The first kappa shape index (κ1) is 20.4. The Labute approximate surface area is 182 Å². The van der Waals surface area contributed by atoms with Crippen molar-refractivity contribution in [1.82, 2.24) is 14.9 Å². The third-order valence-electron chi connectivity index (χ3n) is 4.85. The number of fused-ring (bicyclic) bond motifs is 1. The summed E-state index contributed by atoms with van der Waals surface area (Å²) >= 11 is 2.79. The molecule has 0 radical (unpaired) electrons. The summed E-state index contributed by atoms with van der Waals surface area (Å²) in [5, 5.41) is 4.10.